The molecule has 2 heterocycles. The molecule has 44 heavy (non-hydrogen) atoms. The van der Waals surface area contributed by atoms with E-state index >= 15 is 0 Å². The lowest BCUT2D eigenvalue weighted by atomic mass is 9.88. The first-order valence-electron chi connectivity index (χ1n) is 14.3. The van der Waals surface area contributed by atoms with Gasteiger partial charge in [-0.1, -0.05) is 20.3 Å². The van der Waals surface area contributed by atoms with Crippen LogP contribution in [0.3, 0.4) is 0 Å². The molecule has 0 bridgehead atoms. The van der Waals surface area contributed by atoms with Gasteiger partial charge in [-0.2, -0.15) is 13.2 Å². The normalized spacial score (nSPS) is 15.5. The van der Waals surface area contributed by atoms with Gasteiger partial charge in [0.15, 0.2) is 0 Å². The van der Waals surface area contributed by atoms with Gasteiger partial charge in [0.25, 0.3) is 5.91 Å². The molecule has 0 aliphatic carbocycles. The average Bonchev–Trinajstić information content (AvgIpc) is 3.40. The van der Waals surface area contributed by atoms with Gasteiger partial charge in [0.05, 0.1) is 16.8 Å². The Morgan fingerprint density at radius 3 is 2.27 bits per heavy atom. The van der Waals surface area contributed by atoms with Crippen LogP contribution in [0.4, 0.5) is 17.6 Å². The minimum atomic E-state index is -5.08. The number of piperidine rings is 1. The number of alkyl halides is 3. The third-order valence-corrected chi connectivity index (χ3v) is 9.67. The van der Waals surface area contributed by atoms with Crippen LogP contribution in [0.2, 0.25) is 0 Å². The maximum atomic E-state index is 14.6. The predicted octanol–water partition coefficient (Wildman–Crippen LogP) is 5.37. The SMILES string of the molecule is CCC(C)CNCc1cc(F)cc(-c2cc(C(N)=O)c3[nH]cc(C4CCN(S(=O)(=O)CC)CC4)c3c2)c1.O=C(O)C(F)(F)F. The van der Waals surface area contributed by atoms with Crippen LogP contribution in [-0.2, 0) is 21.4 Å². The maximum absolute atomic E-state index is 14.6. The molecule has 1 fully saturated rings. The monoisotopic (exact) mass is 642 g/mol. The van der Waals surface area contributed by atoms with Crippen LogP contribution < -0.4 is 11.1 Å². The number of primary amides is 1. The van der Waals surface area contributed by atoms with Gasteiger partial charge in [-0.15, -0.1) is 0 Å². The second-order valence-corrected chi connectivity index (χ2v) is 13.2. The third-order valence-electron chi connectivity index (χ3n) is 7.79. The number of fused-ring (bicyclic) bond motifs is 1. The molecule has 1 unspecified atom stereocenters. The molecule has 3 aromatic rings. The number of rotatable bonds is 10. The first kappa shape index (κ1) is 35.0. The molecule has 0 saturated carbocycles. The molecule has 4 rings (SSSR count). The quantitative estimate of drug-likeness (QED) is 0.219. The number of hydrogen-bond donors (Lipinski definition) is 4. The van der Waals surface area contributed by atoms with Crippen molar-refractivity contribution in [3.8, 4) is 11.1 Å². The minimum Gasteiger partial charge on any atom is -0.475 e. The van der Waals surface area contributed by atoms with E-state index in [9.17, 15) is 30.8 Å². The number of halogens is 4. The average molecular weight is 643 g/mol. The van der Waals surface area contributed by atoms with Gasteiger partial charge in [-0.05, 0) is 90.7 Å². The molecular weight excluding hydrogens is 604 g/mol. The summed E-state index contributed by atoms with van der Waals surface area (Å²) >= 11 is 0. The molecular formula is C30H38F4N4O5S. The number of carboxylic acid groups (broad SMARTS) is 1. The van der Waals surface area contributed by atoms with Gasteiger partial charge in [0.2, 0.25) is 10.0 Å². The first-order chi connectivity index (χ1) is 20.6. The summed E-state index contributed by atoms with van der Waals surface area (Å²) in [6.45, 7) is 8.31. The van der Waals surface area contributed by atoms with Crippen molar-refractivity contribution in [2.45, 2.75) is 58.7 Å². The van der Waals surface area contributed by atoms with Crippen molar-refractivity contribution in [1.82, 2.24) is 14.6 Å². The van der Waals surface area contributed by atoms with E-state index in [1.165, 1.54) is 12.1 Å². The number of aliphatic carboxylic acids is 1. The van der Waals surface area contributed by atoms with Crippen molar-refractivity contribution in [1.29, 1.82) is 0 Å². The van der Waals surface area contributed by atoms with Gasteiger partial charge in [0.1, 0.15) is 5.82 Å². The number of amides is 1. The number of nitrogens with one attached hydrogen (secondary N) is 2. The number of carboxylic acids is 1. The van der Waals surface area contributed by atoms with E-state index in [1.807, 2.05) is 18.3 Å². The summed E-state index contributed by atoms with van der Waals surface area (Å²) in [5, 5.41) is 11.4. The summed E-state index contributed by atoms with van der Waals surface area (Å²) in [6, 6.07) is 8.64. The lowest BCUT2D eigenvalue weighted by Gasteiger charge is -2.31. The Morgan fingerprint density at radius 2 is 1.73 bits per heavy atom. The van der Waals surface area contributed by atoms with E-state index < -0.39 is 28.1 Å². The summed E-state index contributed by atoms with van der Waals surface area (Å²) in [4.78, 5) is 24.5. The fraction of sp³-hybridized carbons (Fsp3) is 0.467. The summed E-state index contributed by atoms with van der Waals surface area (Å²) in [6.07, 6.45) is -0.738. The van der Waals surface area contributed by atoms with Crippen LogP contribution in [0.1, 0.15) is 67.4 Å². The molecule has 1 aliphatic rings. The van der Waals surface area contributed by atoms with Crippen molar-refractivity contribution >= 4 is 32.8 Å². The summed E-state index contributed by atoms with van der Waals surface area (Å²) < 4.78 is 72.5. The zero-order valence-electron chi connectivity index (χ0n) is 24.8. The van der Waals surface area contributed by atoms with Crippen LogP contribution in [0.15, 0.2) is 36.5 Å². The second kappa shape index (κ2) is 14.5. The van der Waals surface area contributed by atoms with E-state index in [2.05, 4.69) is 24.1 Å². The highest BCUT2D eigenvalue weighted by Gasteiger charge is 2.38. The molecule has 14 heteroatoms. The lowest BCUT2D eigenvalue weighted by molar-refractivity contribution is -0.192. The molecule has 5 N–H and O–H groups in total. The number of H-pyrrole nitrogens is 1. The first-order valence-corrected chi connectivity index (χ1v) is 15.9. The molecule has 1 amide bonds. The molecule has 1 saturated heterocycles. The third kappa shape index (κ3) is 8.79. The summed E-state index contributed by atoms with van der Waals surface area (Å²) in [7, 11) is -3.21. The minimum absolute atomic E-state index is 0.0961. The molecule has 242 valence electrons. The Morgan fingerprint density at radius 1 is 1.11 bits per heavy atom. The van der Waals surface area contributed by atoms with Crippen LogP contribution in [0, 0.1) is 11.7 Å². The van der Waals surface area contributed by atoms with E-state index in [4.69, 9.17) is 15.6 Å². The second-order valence-electron chi connectivity index (χ2n) is 10.9. The van der Waals surface area contributed by atoms with Gasteiger partial charge in [-0.25, -0.2) is 21.9 Å². The van der Waals surface area contributed by atoms with Crippen molar-refractivity contribution in [3.63, 3.8) is 0 Å². The highest BCUT2D eigenvalue weighted by Crippen LogP contribution is 2.37. The molecule has 2 aromatic carbocycles. The van der Waals surface area contributed by atoms with Gasteiger partial charge < -0.3 is 21.1 Å². The number of benzene rings is 2. The van der Waals surface area contributed by atoms with E-state index in [0.29, 0.717) is 55.0 Å². The number of nitrogens with zero attached hydrogens (tertiary/aromatic N) is 1. The Bertz CT molecular complexity index is 1580. The van der Waals surface area contributed by atoms with Crippen LogP contribution in [-0.4, -0.2) is 66.3 Å². The van der Waals surface area contributed by atoms with Crippen molar-refractivity contribution in [3.05, 3.63) is 59.0 Å². The van der Waals surface area contributed by atoms with Gasteiger partial charge in [0, 0.05) is 31.2 Å². The largest absolute Gasteiger partial charge is 0.490 e. The Kier molecular flexibility index (Phi) is 11.6. The molecule has 0 spiro atoms. The summed E-state index contributed by atoms with van der Waals surface area (Å²) in [5.41, 5.74) is 10.0. The van der Waals surface area contributed by atoms with Crippen molar-refractivity contribution in [2.75, 3.05) is 25.4 Å². The Balaban J connectivity index is 0.000000676. The number of aromatic nitrogens is 1. The number of sulfonamides is 1. The maximum Gasteiger partial charge on any atom is 0.490 e. The smallest absolute Gasteiger partial charge is 0.475 e. The molecule has 1 aromatic heterocycles. The van der Waals surface area contributed by atoms with E-state index in [1.54, 1.807) is 17.3 Å². The fourth-order valence-corrected chi connectivity index (χ4v) is 6.24. The number of nitrogens with two attached hydrogens (primary N) is 1. The van der Waals surface area contributed by atoms with E-state index in [0.717, 1.165) is 35.0 Å². The van der Waals surface area contributed by atoms with Crippen molar-refractivity contribution in [2.24, 2.45) is 11.7 Å². The van der Waals surface area contributed by atoms with Crippen molar-refractivity contribution < 1.29 is 40.7 Å². The number of hydrogen-bond acceptors (Lipinski definition) is 5. The number of carbonyl (C=O) groups excluding carboxylic acids is 1. The number of aromatic amines is 1. The number of carbonyl (C=O) groups is 2. The summed E-state index contributed by atoms with van der Waals surface area (Å²) in [5.74, 6) is -2.88. The van der Waals surface area contributed by atoms with Crippen LogP contribution >= 0.6 is 0 Å². The molecule has 1 atom stereocenters. The highest BCUT2D eigenvalue weighted by molar-refractivity contribution is 7.89. The zero-order valence-corrected chi connectivity index (χ0v) is 25.6. The Hall–Kier alpha value is -3.49. The topological polar surface area (TPSA) is 146 Å². The van der Waals surface area contributed by atoms with Gasteiger partial charge in [-0.3, -0.25) is 4.79 Å². The van der Waals surface area contributed by atoms with Crippen LogP contribution in [0.25, 0.3) is 22.0 Å². The van der Waals surface area contributed by atoms with Crippen LogP contribution in [0.5, 0.6) is 0 Å². The highest BCUT2D eigenvalue weighted by atomic mass is 32.2. The lowest BCUT2D eigenvalue weighted by Crippen LogP contribution is -2.38. The molecule has 9 nitrogen and oxygen atoms in total. The predicted molar refractivity (Wildman–Crippen MR) is 160 cm³/mol. The molecule has 0 radical (unpaired) electrons. The fourth-order valence-electron chi connectivity index (χ4n) is 5.11. The zero-order chi connectivity index (χ0) is 32.8. The van der Waals surface area contributed by atoms with E-state index in [-0.39, 0.29) is 17.5 Å². The molecule has 1 aliphatic heterocycles. The Labute approximate surface area is 253 Å². The standard InChI is InChI=1S/C28H37FN4O3S.C2HF3O2/c1-4-18(3)15-31-16-19-10-21(12-23(29)11-19)22-13-24-26(17-32-27(24)25(14-22)28(30)34)20-6-8-33(9-7-20)37(35,36)5-2;3-2(4,5)1(6)7/h10-14,17-18,20,31-32H,4-9,15-16H2,1-3H3,(H2,30,34);(H,6,7). The van der Waals surface area contributed by atoms with Gasteiger partial charge >= 0.3 is 12.1 Å².